The Morgan fingerprint density at radius 1 is 1.32 bits per heavy atom. The number of hydrogen-bond acceptors (Lipinski definition) is 3. The molecular weight excluding hydrogens is 308 g/mol. The maximum Gasteiger partial charge on any atom is 0.122 e. The van der Waals surface area contributed by atoms with E-state index in [2.05, 4.69) is 15.9 Å². The monoisotopic (exact) mass is 328 g/mol. The van der Waals surface area contributed by atoms with Crippen LogP contribution in [0.15, 0.2) is 22.7 Å². The molecule has 2 rings (SSSR count). The van der Waals surface area contributed by atoms with E-state index in [0.29, 0.717) is 6.42 Å². The molecule has 0 amide bonds. The van der Waals surface area contributed by atoms with Crippen LogP contribution in [-0.2, 0) is 11.2 Å². The number of halogens is 1. The van der Waals surface area contributed by atoms with Crippen molar-refractivity contribution in [3.63, 3.8) is 0 Å². The van der Waals surface area contributed by atoms with Gasteiger partial charge in [-0.3, -0.25) is 0 Å². The van der Waals surface area contributed by atoms with Crippen molar-refractivity contribution in [1.29, 1.82) is 0 Å². The summed E-state index contributed by atoms with van der Waals surface area (Å²) in [5.74, 6) is 0.812. The first-order valence-corrected chi connectivity index (χ1v) is 7.46. The SMILES string of the molecule is COc1ccc(Br)cc1CC(O)C1(OC)CCCC1. The van der Waals surface area contributed by atoms with Gasteiger partial charge < -0.3 is 14.6 Å². The molecule has 4 heteroatoms. The number of aliphatic hydroxyl groups is 1. The van der Waals surface area contributed by atoms with Crippen molar-refractivity contribution in [2.75, 3.05) is 14.2 Å². The lowest BCUT2D eigenvalue weighted by Gasteiger charge is -2.33. The highest BCUT2D eigenvalue weighted by molar-refractivity contribution is 9.10. The first kappa shape index (κ1) is 14.8. The summed E-state index contributed by atoms with van der Waals surface area (Å²) < 4.78 is 12.0. The van der Waals surface area contributed by atoms with E-state index in [1.54, 1.807) is 14.2 Å². The minimum absolute atomic E-state index is 0.382. The minimum atomic E-state index is -0.497. The summed E-state index contributed by atoms with van der Waals surface area (Å²) in [4.78, 5) is 0. The summed E-state index contributed by atoms with van der Waals surface area (Å²) in [6.45, 7) is 0. The van der Waals surface area contributed by atoms with Gasteiger partial charge in [0.2, 0.25) is 0 Å². The van der Waals surface area contributed by atoms with Gasteiger partial charge in [0.05, 0.1) is 18.8 Å². The molecule has 0 bridgehead atoms. The lowest BCUT2D eigenvalue weighted by Crippen LogP contribution is -2.42. The third kappa shape index (κ3) is 3.12. The van der Waals surface area contributed by atoms with Crippen LogP contribution in [0.1, 0.15) is 31.2 Å². The molecule has 19 heavy (non-hydrogen) atoms. The number of hydrogen-bond donors (Lipinski definition) is 1. The van der Waals surface area contributed by atoms with Crippen molar-refractivity contribution in [2.24, 2.45) is 0 Å². The lowest BCUT2D eigenvalue weighted by atomic mass is 9.89. The Balaban J connectivity index is 2.18. The van der Waals surface area contributed by atoms with Crippen molar-refractivity contribution >= 4 is 15.9 Å². The maximum absolute atomic E-state index is 10.6. The molecule has 0 radical (unpaired) electrons. The molecule has 106 valence electrons. The third-order valence-corrected chi connectivity index (χ3v) is 4.61. The van der Waals surface area contributed by atoms with Crippen molar-refractivity contribution in [3.05, 3.63) is 28.2 Å². The van der Waals surface area contributed by atoms with Crippen LogP contribution < -0.4 is 4.74 Å². The maximum atomic E-state index is 10.6. The van der Waals surface area contributed by atoms with E-state index < -0.39 is 6.10 Å². The van der Waals surface area contributed by atoms with Gasteiger partial charge in [0, 0.05) is 18.0 Å². The molecule has 0 heterocycles. The Bertz CT molecular complexity index is 427. The molecule has 1 N–H and O–H groups in total. The Hall–Kier alpha value is -0.580. The summed E-state index contributed by atoms with van der Waals surface area (Å²) in [7, 11) is 3.35. The summed E-state index contributed by atoms with van der Waals surface area (Å²) in [6, 6.07) is 5.86. The fourth-order valence-corrected chi connectivity index (χ4v) is 3.36. The second kappa shape index (κ2) is 6.25. The van der Waals surface area contributed by atoms with Crippen LogP contribution >= 0.6 is 15.9 Å². The van der Waals surface area contributed by atoms with Crippen molar-refractivity contribution in [1.82, 2.24) is 0 Å². The molecule has 1 aromatic carbocycles. The fraction of sp³-hybridized carbons (Fsp3) is 0.600. The van der Waals surface area contributed by atoms with E-state index in [1.165, 1.54) is 0 Å². The average Bonchev–Trinajstić information content (AvgIpc) is 2.89. The van der Waals surface area contributed by atoms with Gasteiger partial charge in [0.25, 0.3) is 0 Å². The number of rotatable bonds is 5. The summed E-state index contributed by atoms with van der Waals surface area (Å²) >= 11 is 3.46. The Kier molecular flexibility index (Phi) is 4.87. The summed E-state index contributed by atoms with van der Waals surface area (Å²) in [5, 5.41) is 10.6. The largest absolute Gasteiger partial charge is 0.496 e. The Morgan fingerprint density at radius 3 is 2.58 bits per heavy atom. The Labute approximate surface area is 123 Å². The van der Waals surface area contributed by atoms with Gasteiger partial charge in [-0.2, -0.15) is 0 Å². The van der Waals surface area contributed by atoms with E-state index >= 15 is 0 Å². The molecule has 1 saturated carbocycles. The minimum Gasteiger partial charge on any atom is -0.496 e. The molecular formula is C15H21BrO3. The predicted octanol–water partition coefficient (Wildman–Crippen LogP) is 3.32. The second-order valence-electron chi connectivity index (χ2n) is 5.15. The summed E-state index contributed by atoms with van der Waals surface area (Å²) in [5.41, 5.74) is 0.626. The van der Waals surface area contributed by atoms with Gasteiger partial charge in [0.1, 0.15) is 5.75 Å². The van der Waals surface area contributed by atoms with E-state index in [9.17, 15) is 5.11 Å². The number of aliphatic hydroxyl groups excluding tert-OH is 1. The van der Waals surface area contributed by atoms with E-state index in [4.69, 9.17) is 9.47 Å². The lowest BCUT2D eigenvalue weighted by molar-refractivity contribution is -0.0972. The van der Waals surface area contributed by atoms with Crippen molar-refractivity contribution in [3.8, 4) is 5.75 Å². The van der Waals surface area contributed by atoms with E-state index in [1.807, 2.05) is 18.2 Å². The van der Waals surface area contributed by atoms with Crippen LogP contribution in [0.25, 0.3) is 0 Å². The van der Waals surface area contributed by atoms with Crippen LogP contribution in [0.4, 0.5) is 0 Å². The normalized spacial score (nSPS) is 19.4. The number of methoxy groups -OCH3 is 2. The molecule has 0 spiro atoms. The zero-order valence-electron chi connectivity index (χ0n) is 11.5. The quantitative estimate of drug-likeness (QED) is 0.901. The van der Waals surface area contributed by atoms with Gasteiger partial charge in [-0.1, -0.05) is 28.8 Å². The molecule has 0 aromatic heterocycles. The standard InChI is InChI=1S/C15H21BrO3/c1-18-13-6-5-12(16)9-11(13)10-14(17)15(19-2)7-3-4-8-15/h5-6,9,14,17H,3-4,7-8,10H2,1-2H3. The molecule has 3 nitrogen and oxygen atoms in total. The molecule has 1 aliphatic carbocycles. The van der Waals surface area contributed by atoms with Gasteiger partial charge >= 0.3 is 0 Å². The fourth-order valence-electron chi connectivity index (χ4n) is 2.95. The molecule has 0 saturated heterocycles. The highest BCUT2D eigenvalue weighted by Crippen LogP contribution is 2.37. The molecule has 1 aliphatic rings. The smallest absolute Gasteiger partial charge is 0.122 e. The molecule has 1 atom stereocenters. The van der Waals surface area contributed by atoms with Crippen LogP contribution in [0, 0.1) is 0 Å². The van der Waals surface area contributed by atoms with Gasteiger partial charge in [0.15, 0.2) is 0 Å². The number of ether oxygens (including phenoxy) is 2. The highest BCUT2D eigenvalue weighted by atomic mass is 79.9. The third-order valence-electron chi connectivity index (χ3n) is 4.12. The van der Waals surface area contributed by atoms with Crippen LogP contribution in [-0.4, -0.2) is 31.0 Å². The second-order valence-corrected chi connectivity index (χ2v) is 6.07. The summed E-state index contributed by atoms with van der Waals surface area (Å²) in [6.07, 6.45) is 4.17. The van der Waals surface area contributed by atoms with E-state index in [0.717, 1.165) is 41.5 Å². The van der Waals surface area contributed by atoms with Gasteiger partial charge in [-0.25, -0.2) is 0 Å². The number of benzene rings is 1. The topological polar surface area (TPSA) is 38.7 Å². The molecule has 1 aromatic rings. The van der Waals surface area contributed by atoms with Crippen LogP contribution in [0.3, 0.4) is 0 Å². The van der Waals surface area contributed by atoms with Crippen LogP contribution in [0.2, 0.25) is 0 Å². The van der Waals surface area contributed by atoms with Crippen molar-refractivity contribution < 1.29 is 14.6 Å². The first-order valence-electron chi connectivity index (χ1n) is 6.67. The average molecular weight is 329 g/mol. The molecule has 0 aliphatic heterocycles. The van der Waals surface area contributed by atoms with Crippen LogP contribution in [0.5, 0.6) is 5.75 Å². The van der Waals surface area contributed by atoms with E-state index in [-0.39, 0.29) is 5.60 Å². The van der Waals surface area contributed by atoms with Gasteiger partial charge in [-0.05, 0) is 36.6 Å². The van der Waals surface area contributed by atoms with Gasteiger partial charge in [-0.15, -0.1) is 0 Å². The Morgan fingerprint density at radius 2 is 2.00 bits per heavy atom. The zero-order chi connectivity index (χ0) is 13.9. The first-order chi connectivity index (χ1) is 9.11. The molecule has 1 fully saturated rings. The highest BCUT2D eigenvalue weighted by Gasteiger charge is 2.40. The zero-order valence-corrected chi connectivity index (χ0v) is 13.1. The predicted molar refractivity (Wildman–Crippen MR) is 78.6 cm³/mol. The van der Waals surface area contributed by atoms with Crippen molar-refractivity contribution in [2.45, 2.75) is 43.8 Å². The molecule has 1 unspecified atom stereocenters.